The van der Waals surface area contributed by atoms with Crippen LogP contribution in [0, 0.1) is 5.82 Å². The molecule has 2 amide bonds. The Hall–Kier alpha value is -3.42. The van der Waals surface area contributed by atoms with E-state index in [1.54, 1.807) is 12.1 Å². The molecule has 7 nitrogen and oxygen atoms in total. The van der Waals surface area contributed by atoms with E-state index in [0.717, 1.165) is 5.56 Å². The molecule has 164 valence electrons. The molecule has 2 aromatic carbocycles. The van der Waals surface area contributed by atoms with E-state index < -0.39 is 35.9 Å². The Morgan fingerprint density at radius 1 is 1.10 bits per heavy atom. The van der Waals surface area contributed by atoms with Crippen molar-refractivity contribution in [2.75, 3.05) is 13.7 Å². The minimum atomic E-state index is -0.953. The number of amides is 2. The highest BCUT2D eigenvalue weighted by Crippen LogP contribution is 2.20. The molecule has 0 unspecified atom stereocenters. The minimum absolute atomic E-state index is 0.111. The highest BCUT2D eigenvalue weighted by molar-refractivity contribution is 5.90. The average Bonchev–Trinajstić information content (AvgIpc) is 3.29. The van der Waals surface area contributed by atoms with Crippen molar-refractivity contribution in [3.63, 3.8) is 0 Å². The number of benzene rings is 2. The lowest BCUT2D eigenvalue weighted by Gasteiger charge is -2.25. The van der Waals surface area contributed by atoms with Crippen LogP contribution in [0.1, 0.15) is 24.0 Å². The third-order valence-corrected chi connectivity index (χ3v) is 5.15. The summed E-state index contributed by atoms with van der Waals surface area (Å²) >= 11 is 0. The first-order valence-corrected chi connectivity index (χ1v) is 10.1. The third kappa shape index (κ3) is 6.04. The summed E-state index contributed by atoms with van der Waals surface area (Å²) in [5, 5.41) is 2.67. The van der Waals surface area contributed by atoms with Crippen molar-refractivity contribution < 1.29 is 28.2 Å². The van der Waals surface area contributed by atoms with Crippen LogP contribution in [-0.4, -0.2) is 48.6 Å². The Morgan fingerprint density at radius 3 is 2.48 bits per heavy atom. The van der Waals surface area contributed by atoms with Gasteiger partial charge in [0.05, 0.1) is 7.11 Å². The van der Waals surface area contributed by atoms with Crippen LogP contribution in [-0.2, 0) is 32.1 Å². The number of nitrogens with zero attached hydrogens (tertiary/aromatic N) is 1. The molecule has 3 rings (SSSR count). The van der Waals surface area contributed by atoms with Crippen LogP contribution in [0.4, 0.5) is 9.18 Å². The van der Waals surface area contributed by atoms with Crippen molar-refractivity contribution in [3.05, 3.63) is 71.5 Å². The van der Waals surface area contributed by atoms with Crippen molar-refractivity contribution in [2.45, 2.75) is 38.0 Å². The zero-order valence-electron chi connectivity index (χ0n) is 17.3. The molecule has 1 saturated heterocycles. The molecule has 0 bridgehead atoms. The second kappa shape index (κ2) is 10.6. The van der Waals surface area contributed by atoms with Gasteiger partial charge in [-0.2, -0.15) is 0 Å². The minimum Gasteiger partial charge on any atom is -0.467 e. The molecule has 0 aliphatic carbocycles. The van der Waals surface area contributed by atoms with Crippen LogP contribution in [0.2, 0.25) is 0 Å². The molecular formula is C23H25FN2O5. The molecule has 0 radical (unpaired) electrons. The van der Waals surface area contributed by atoms with E-state index in [4.69, 9.17) is 9.47 Å². The van der Waals surface area contributed by atoms with Crippen molar-refractivity contribution >= 4 is 18.0 Å². The smallest absolute Gasteiger partial charge is 0.410 e. The van der Waals surface area contributed by atoms with Gasteiger partial charge in [0.1, 0.15) is 24.5 Å². The van der Waals surface area contributed by atoms with Crippen LogP contribution < -0.4 is 5.32 Å². The van der Waals surface area contributed by atoms with Crippen molar-refractivity contribution in [1.29, 1.82) is 0 Å². The number of rotatable bonds is 7. The number of esters is 1. The number of hydrogen-bond acceptors (Lipinski definition) is 5. The predicted molar refractivity (Wildman–Crippen MR) is 110 cm³/mol. The maximum atomic E-state index is 13.1. The topological polar surface area (TPSA) is 84.9 Å². The van der Waals surface area contributed by atoms with Crippen molar-refractivity contribution in [3.8, 4) is 0 Å². The summed E-state index contributed by atoms with van der Waals surface area (Å²) in [5.41, 5.74) is 1.52. The third-order valence-electron chi connectivity index (χ3n) is 5.15. The molecule has 8 heteroatoms. The van der Waals surface area contributed by atoms with Gasteiger partial charge in [-0.3, -0.25) is 9.69 Å². The lowest BCUT2D eigenvalue weighted by atomic mass is 10.1. The zero-order valence-corrected chi connectivity index (χ0v) is 17.3. The Labute approximate surface area is 180 Å². The van der Waals surface area contributed by atoms with Gasteiger partial charge in [0.25, 0.3) is 0 Å². The molecule has 0 saturated carbocycles. The number of ether oxygens (including phenoxy) is 2. The Kier molecular flexibility index (Phi) is 7.59. The quantitative estimate of drug-likeness (QED) is 0.686. The van der Waals surface area contributed by atoms with Crippen LogP contribution in [0.3, 0.4) is 0 Å². The fourth-order valence-corrected chi connectivity index (χ4v) is 3.52. The number of carbonyl (C=O) groups excluding carboxylic acids is 3. The monoisotopic (exact) mass is 428 g/mol. The number of halogens is 1. The zero-order chi connectivity index (χ0) is 22.2. The van der Waals surface area contributed by atoms with Gasteiger partial charge in [-0.25, -0.2) is 14.0 Å². The molecule has 0 spiro atoms. The van der Waals surface area contributed by atoms with Crippen LogP contribution in [0.15, 0.2) is 54.6 Å². The van der Waals surface area contributed by atoms with E-state index in [1.165, 1.54) is 24.1 Å². The predicted octanol–water partition coefficient (Wildman–Crippen LogP) is 2.83. The second-order valence-electron chi connectivity index (χ2n) is 7.31. The summed E-state index contributed by atoms with van der Waals surface area (Å²) in [6.45, 7) is 0.506. The Bertz CT molecular complexity index is 904. The molecule has 1 N–H and O–H groups in total. The SMILES string of the molecule is COC(=O)[C@H](Cc1ccc(F)cc1)NC(=O)[C@H]1CCCN1C(=O)OCc1ccccc1. The highest BCUT2D eigenvalue weighted by atomic mass is 19.1. The van der Waals surface area contributed by atoms with Crippen molar-refractivity contribution in [1.82, 2.24) is 10.2 Å². The fourth-order valence-electron chi connectivity index (χ4n) is 3.52. The van der Waals surface area contributed by atoms with E-state index in [2.05, 4.69) is 5.32 Å². The first kappa shape index (κ1) is 22.3. The van der Waals surface area contributed by atoms with E-state index in [0.29, 0.717) is 24.9 Å². The standard InChI is InChI=1S/C23H25FN2O5/c1-30-22(28)19(14-16-9-11-18(24)12-10-16)25-21(27)20-8-5-13-26(20)23(29)31-15-17-6-3-2-4-7-17/h2-4,6-7,9-12,19-20H,5,8,13-15H2,1H3,(H,25,27)/t19-,20+/m0/s1. The Morgan fingerprint density at radius 2 is 1.81 bits per heavy atom. The van der Waals surface area contributed by atoms with Gasteiger partial charge in [0.15, 0.2) is 0 Å². The summed E-state index contributed by atoms with van der Waals surface area (Å²) in [5.74, 6) is -1.46. The molecule has 2 atom stereocenters. The largest absolute Gasteiger partial charge is 0.467 e. The lowest BCUT2D eigenvalue weighted by molar-refractivity contribution is -0.145. The molecule has 1 aliphatic rings. The van der Waals surface area contributed by atoms with Gasteiger partial charge in [-0.1, -0.05) is 42.5 Å². The van der Waals surface area contributed by atoms with Crippen LogP contribution in [0.25, 0.3) is 0 Å². The van der Waals surface area contributed by atoms with E-state index in [9.17, 15) is 18.8 Å². The van der Waals surface area contributed by atoms with Gasteiger partial charge in [-0.05, 0) is 36.1 Å². The molecule has 1 fully saturated rings. The molecule has 31 heavy (non-hydrogen) atoms. The molecule has 0 aromatic heterocycles. The van der Waals surface area contributed by atoms with Gasteiger partial charge in [-0.15, -0.1) is 0 Å². The molecular weight excluding hydrogens is 403 g/mol. The number of carbonyl (C=O) groups is 3. The van der Waals surface area contributed by atoms with Gasteiger partial charge < -0.3 is 14.8 Å². The van der Waals surface area contributed by atoms with Crippen molar-refractivity contribution in [2.24, 2.45) is 0 Å². The molecule has 1 aliphatic heterocycles. The average molecular weight is 428 g/mol. The van der Waals surface area contributed by atoms with E-state index in [1.807, 2.05) is 30.3 Å². The Balaban J connectivity index is 1.62. The van der Waals surface area contributed by atoms with Gasteiger partial charge in [0.2, 0.25) is 5.91 Å². The maximum absolute atomic E-state index is 13.1. The normalized spacial score (nSPS) is 16.5. The lowest BCUT2D eigenvalue weighted by Crippen LogP contribution is -2.51. The first-order valence-electron chi connectivity index (χ1n) is 10.1. The summed E-state index contributed by atoms with van der Waals surface area (Å²) in [6.07, 6.45) is 0.689. The number of methoxy groups -OCH3 is 1. The molecule has 1 heterocycles. The molecule has 2 aromatic rings. The number of nitrogens with one attached hydrogen (secondary N) is 1. The fraction of sp³-hybridized carbons (Fsp3) is 0.348. The summed E-state index contributed by atoms with van der Waals surface area (Å²) in [4.78, 5) is 39.0. The van der Waals surface area contributed by atoms with Gasteiger partial charge >= 0.3 is 12.1 Å². The summed E-state index contributed by atoms with van der Waals surface area (Å²) < 4.78 is 23.3. The second-order valence-corrected chi connectivity index (χ2v) is 7.31. The van der Waals surface area contributed by atoms with E-state index >= 15 is 0 Å². The van der Waals surface area contributed by atoms with Gasteiger partial charge in [0, 0.05) is 13.0 Å². The van der Waals surface area contributed by atoms with Crippen LogP contribution >= 0.6 is 0 Å². The van der Waals surface area contributed by atoms with E-state index in [-0.39, 0.29) is 13.0 Å². The number of likely N-dealkylation sites (tertiary alicyclic amines) is 1. The number of hydrogen-bond donors (Lipinski definition) is 1. The highest BCUT2D eigenvalue weighted by Gasteiger charge is 2.37. The first-order chi connectivity index (χ1) is 15.0. The maximum Gasteiger partial charge on any atom is 0.410 e. The summed E-state index contributed by atoms with van der Waals surface area (Å²) in [6, 6.07) is 13.2. The summed E-state index contributed by atoms with van der Waals surface area (Å²) in [7, 11) is 1.23. The van der Waals surface area contributed by atoms with Crippen LogP contribution in [0.5, 0.6) is 0 Å².